The summed E-state index contributed by atoms with van der Waals surface area (Å²) in [5.74, 6) is 0.801. The van der Waals surface area contributed by atoms with E-state index in [1.54, 1.807) is 0 Å². The standard InChI is InChI=1S/C19H24O/c1-5-9-16-14(4)12-17(20)19(18(16)13(2)3)15-10-7-6-8-11-15/h6-8,10-13,20H,5,9H2,1-4H3. The third kappa shape index (κ3) is 2.72. The van der Waals surface area contributed by atoms with Crippen LogP contribution in [0.3, 0.4) is 0 Å². The van der Waals surface area contributed by atoms with Gasteiger partial charge in [-0.25, -0.2) is 0 Å². The van der Waals surface area contributed by atoms with Crippen LogP contribution in [-0.2, 0) is 6.42 Å². The number of hydrogen-bond donors (Lipinski definition) is 1. The predicted molar refractivity (Wildman–Crippen MR) is 86.4 cm³/mol. The fraction of sp³-hybridized carbons (Fsp3) is 0.368. The summed E-state index contributed by atoms with van der Waals surface area (Å²) in [5, 5.41) is 10.5. The van der Waals surface area contributed by atoms with Crippen molar-refractivity contribution >= 4 is 0 Å². The molecule has 2 aromatic rings. The Labute approximate surface area is 122 Å². The maximum absolute atomic E-state index is 10.5. The Morgan fingerprint density at radius 1 is 1.10 bits per heavy atom. The molecule has 0 saturated carbocycles. The van der Waals surface area contributed by atoms with Gasteiger partial charge in [-0.15, -0.1) is 0 Å². The van der Waals surface area contributed by atoms with Crippen molar-refractivity contribution in [2.75, 3.05) is 0 Å². The highest BCUT2D eigenvalue weighted by molar-refractivity contribution is 5.76. The van der Waals surface area contributed by atoms with Crippen molar-refractivity contribution < 1.29 is 5.11 Å². The summed E-state index contributed by atoms with van der Waals surface area (Å²) in [7, 11) is 0. The van der Waals surface area contributed by atoms with E-state index in [0.29, 0.717) is 11.7 Å². The third-order valence-corrected chi connectivity index (χ3v) is 3.82. The van der Waals surface area contributed by atoms with Crippen LogP contribution in [0.4, 0.5) is 0 Å². The molecular weight excluding hydrogens is 244 g/mol. The fourth-order valence-corrected chi connectivity index (χ4v) is 2.99. The van der Waals surface area contributed by atoms with Gasteiger partial charge >= 0.3 is 0 Å². The molecule has 0 amide bonds. The summed E-state index contributed by atoms with van der Waals surface area (Å²) in [5.41, 5.74) is 6.02. The first kappa shape index (κ1) is 14.6. The third-order valence-electron chi connectivity index (χ3n) is 3.82. The zero-order valence-corrected chi connectivity index (χ0v) is 12.9. The zero-order chi connectivity index (χ0) is 14.7. The van der Waals surface area contributed by atoms with Crippen molar-refractivity contribution in [2.45, 2.75) is 46.5 Å². The monoisotopic (exact) mass is 268 g/mol. The van der Waals surface area contributed by atoms with Crippen LogP contribution in [0.1, 0.15) is 49.8 Å². The normalized spacial score (nSPS) is 11.1. The Kier molecular flexibility index (Phi) is 4.49. The largest absolute Gasteiger partial charge is 0.507 e. The minimum Gasteiger partial charge on any atom is -0.507 e. The SMILES string of the molecule is CCCc1c(C)cc(O)c(-c2ccccc2)c1C(C)C. The molecule has 0 aromatic heterocycles. The molecule has 0 fully saturated rings. The number of aromatic hydroxyl groups is 1. The van der Waals surface area contributed by atoms with Gasteiger partial charge in [-0.2, -0.15) is 0 Å². The van der Waals surface area contributed by atoms with Crippen molar-refractivity contribution in [3.63, 3.8) is 0 Å². The van der Waals surface area contributed by atoms with E-state index < -0.39 is 0 Å². The minimum atomic E-state index is 0.400. The van der Waals surface area contributed by atoms with Crippen molar-refractivity contribution in [2.24, 2.45) is 0 Å². The van der Waals surface area contributed by atoms with Crippen molar-refractivity contribution in [3.05, 3.63) is 53.1 Å². The molecule has 0 unspecified atom stereocenters. The molecule has 20 heavy (non-hydrogen) atoms. The van der Waals surface area contributed by atoms with Gasteiger partial charge in [0.2, 0.25) is 0 Å². The Balaban J connectivity index is 2.75. The first-order valence-corrected chi connectivity index (χ1v) is 7.47. The second kappa shape index (κ2) is 6.13. The molecule has 0 atom stereocenters. The van der Waals surface area contributed by atoms with Crippen molar-refractivity contribution in [1.82, 2.24) is 0 Å². The molecule has 1 nitrogen and oxygen atoms in total. The van der Waals surface area contributed by atoms with Gasteiger partial charge < -0.3 is 5.11 Å². The van der Waals surface area contributed by atoms with E-state index in [4.69, 9.17) is 0 Å². The number of benzene rings is 2. The van der Waals surface area contributed by atoms with Crippen LogP contribution < -0.4 is 0 Å². The molecule has 0 spiro atoms. The topological polar surface area (TPSA) is 20.2 Å². The highest BCUT2D eigenvalue weighted by Gasteiger charge is 2.19. The van der Waals surface area contributed by atoms with Crippen LogP contribution in [0, 0.1) is 6.92 Å². The number of phenolic OH excluding ortho intramolecular Hbond substituents is 1. The lowest BCUT2D eigenvalue weighted by Gasteiger charge is -2.21. The predicted octanol–water partition coefficient (Wildman–Crippen LogP) is 5.44. The van der Waals surface area contributed by atoms with E-state index >= 15 is 0 Å². The lowest BCUT2D eigenvalue weighted by molar-refractivity contribution is 0.475. The number of phenols is 1. The molecule has 0 bridgehead atoms. The smallest absolute Gasteiger partial charge is 0.123 e. The van der Waals surface area contributed by atoms with E-state index in [1.807, 2.05) is 24.3 Å². The molecular formula is C19H24O. The van der Waals surface area contributed by atoms with Gasteiger partial charge in [0.05, 0.1) is 0 Å². The quantitative estimate of drug-likeness (QED) is 0.782. The van der Waals surface area contributed by atoms with Crippen LogP contribution in [-0.4, -0.2) is 5.11 Å². The lowest BCUT2D eigenvalue weighted by atomic mass is 9.84. The maximum Gasteiger partial charge on any atom is 0.123 e. The summed E-state index contributed by atoms with van der Waals surface area (Å²) in [6, 6.07) is 12.1. The van der Waals surface area contributed by atoms with Gasteiger partial charge in [-0.1, -0.05) is 57.5 Å². The van der Waals surface area contributed by atoms with Crippen LogP contribution in [0.5, 0.6) is 5.75 Å². The second-order valence-electron chi connectivity index (χ2n) is 5.75. The molecule has 2 rings (SSSR count). The Hall–Kier alpha value is -1.76. The average Bonchev–Trinajstić information content (AvgIpc) is 2.42. The van der Waals surface area contributed by atoms with E-state index in [0.717, 1.165) is 24.0 Å². The molecule has 106 valence electrons. The summed E-state index contributed by atoms with van der Waals surface area (Å²) < 4.78 is 0. The van der Waals surface area contributed by atoms with Crippen molar-refractivity contribution in [3.8, 4) is 16.9 Å². The number of aryl methyl sites for hydroxylation is 1. The van der Waals surface area contributed by atoms with Gasteiger partial charge in [-0.3, -0.25) is 0 Å². The van der Waals surface area contributed by atoms with Crippen LogP contribution >= 0.6 is 0 Å². The average molecular weight is 268 g/mol. The van der Waals surface area contributed by atoms with Gasteiger partial charge in [0.15, 0.2) is 0 Å². The maximum atomic E-state index is 10.5. The highest BCUT2D eigenvalue weighted by atomic mass is 16.3. The van der Waals surface area contributed by atoms with Crippen LogP contribution in [0.25, 0.3) is 11.1 Å². The van der Waals surface area contributed by atoms with E-state index in [2.05, 4.69) is 39.8 Å². The highest BCUT2D eigenvalue weighted by Crippen LogP contribution is 2.40. The van der Waals surface area contributed by atoms with Crippen LogP contribution in [0.2, 0.25) is 0 Å². The second-order valence-corrected chi connectivity index (χ2v) is 5.75. The van der Waals surface area contributed by atoms with Gasteiger partial charge in [0.25, 0.3) is 0 Å². The van der Waals surface area contributed by atoms with Crippen LogP contribution in [0.15, 0.2) is 36.4 Å². The molecule has 1 N–H and O–H groups in total. The summed E-state index contributed by atoms with van der Waals surface area (Å²) in [6.07, 6.45) is 2.19. The zero-order valence-electron chi connectivity index (χ0n) is 12.9. The Bertz CT molecular complexity index is 582. The number of rotatable bonds is 4. The minimum absolute atomic E-state index is 0.400. The summed E-state index contributed by atoms with van der Waals surface area (Å²) >= 11 is 0. The molecule has 2 aromatic carbocycles. The summed E-state index contributed by atoms with van der Waals surface area (Å²) in [6.45, 7) is 8.73. The van der Waals surface area contributed by atoms with Gasteiger partial charge in [0.1, 0.15) is 5.75 Å². The molecule has 0 saturated heterocycles. The van der Waals surface area contributed by atoms with E-state index in [1.165, 1.54) is 16.7 Å². The first-order chi connectivity index (χ1) is 9.56. The fourth-order valence-electron chi connectivity index (χ4n) is 2.99. The number of hydrogen-bond acceptors (Lipinski definition) is 1. The van der Waals surface area contributed by atoms with E-state index in [-0.39, 0.29) is 0 Å². The lowest BCUT2D eigenvalue weighted by Crippen LogP contribution is -2.03. The Morgan fingerprint density at radius 3 is 2.30 bits per heavy atom. The molecule has 0 aliphatic carbocycles. The Morgan fingerprint density at radius 2 is 1.75 bits per heavy atom. The van der Waals surface area contributed by atoms with E-state index in [9.17, 15) is 5.11 Å². The van der Waals surface area contributed by atoms with Gasteiger partial charge in [-0.05, 0) is 47.6 Å². The molecule has 1 heteroatoms. The summed E-state index contributed by atoms with van der Waals surface area (Å²) in [4.78, 5) is 0. The molecule has 0 radical (unpaired) electrons. The molecule has 0 aliphatic heterocycles. The van der Waals surface area contributed by atoms with Crippen molar-refractivity contribution in [1.29, 1.82) is 0 Å². The van der Waals surface area contributed by atoms with Gasteiger partial charge in [0, 0.05) is 5.56 Å². The molecule has 0 heterocycles. The molecule has 0 aliphatic rings. The first-order valence-electron chi connectivity index (χ1n) is 7.47.